The zero-order valence-corrected chi connectivity index (χ0v) is 13.4. The fourth-order valence-corrected chi connectivity index (χ4v) is 2.55. The summed E-state index contributed by atoms with van der Waals surface area (Å²) in [6.45, 7) is 10.1. The molecule has 0 aliphatic carbocycles. The molecular weight excluding hydrogens is 261 g/mol. The van der Waals surface area contributed by atoms with Crippen LogP contribution in [0.4, 0.5) is 4.39 Å². The Bertz CT molecular complexity index is 632. The predicted molar refractivity (Wildman–Crippen MR) is 88.0 cm³/mol. The van der Waals surface area contributed by atoms with Crippen molar-refractivity contribution in [2.75, 3.05) is 6.54 Å². The quantitative estimate of drug-likeness (QED) is 0.769. The number of hydrogen-bond donors (Lipinski definition) is 1. The average molecular weight is 285 g/mol. The van der Waals surface area contributed by atoms with Gasteiger partial charge >= 0.3 is 0 Å². The van der Waals surface area contributed by atoms with E-state index < -0.39 is 0 Å². The molecule has 0 bridgehead atoms. The molecule has 0 radical (unpaired) electrons. The second kappa shape index (κ2) is 6.86. The fourth-order valence-electron chi connectivity index (χ4n) is 2.55. The lowest BCUT2D eigenvalue weighted by molar-refractivity contribution is 0.628. The predicted octanol–water partition coefficient (Wildman–Crippen LogP) is 4.92. The molecule has 0 saturated heterocycles. The maximum Gasteiger partial charge on any atom is 0.131 e. The summed E-state index contributed by atoms with van der Waals surface area (Å²) < 4.78 is 14.2. The van der Waals surface area contributed by atoms with Gasteiger partial charge in [-0.05, 0) is 73.7 Å². The summed E-state index contributed by atoms with van der Waals surface area (Å²) in [6, 6.07) is 9.62. The highest BCUT2D eigenvalue weighted by atomic mass is 19.1. The van der Waals surface area contributed by atoms with Crippen LogP contribution in [0.2, 0.25) is 0 Å². The van der Waals surface area contributed by atoms with Crippen molar-refractivity contribution in [2.45, 2.75) is 40.7 Å². The highest BCUT2D eigenvalue weighted by Crippen LogP contribution is 2.29. The molecule has 0 saturated carbocycles. The molecule has 0 spiro atoms. The molecule has 0 atom stereocenters. The van der Waals surface area contributed by atoms with E-state index in [4.69, 9.17) is 0 Å². The minimum atomic E-state index is -0.152. The van der Waals surface area contributed by atoms with Crippen molar-refractivity contribution in [1.29, 1.82) is 0 Å². The van der Waals surface area contributed by atoms with E-state index in [0.717, 1.165) is 36.2 Å². The molecule has 1 nitrogen and oxygen atoms in total. The first-order chi connectivity index (χ1) is 10.0. The Labute approximate surface area is 127 Å². The standard InChI is InChI=1S/C19H24FN/c1-5-8-21-12-16-6-7-19(20)18(11-16)17-10-14(3)13(2)9-15(17)4/h6-7,9-11,21H,5,8,12H2,1-4H3. The van der Waals surface area contributed by atoms with Crippen LogP contribution in [0.5, 0.6) is 0 Å². The smallest absolute Gasteiger partial charge is 0.131 e. The molecule has 0 heterocycles. The van der Waals surface area contributed by atoms with Crippen LogP contribution in [0.15, 0.2) is 30.3 Å². The van der Waals surface area contributed by atoms with Crippen molar-refractivity contribution >= 4 is 0 Å². The van der Waals surface area contributed by atoms with Crippen LogP contribution in [-0.4, -0.2) is 6.54 Å². The van der Waals surface area contributed by atoms with E-state index in [1.165, 1.54) is 11.1 Å². The average Bonchev–Trinajstić information content (AvgIpc) is 2.45. The molecular formula is C19H24FN. The first-order valence-electron chi connectivity index (χ1n) is 7.60. The fraction of sp³-hybridized carbons (Fsp3) is 0.368. The molecule has 2 aromatic carbocycles. The third-order valence-corrected chi connectivity index (χ3v) is 3.92. The second-order valence-electron chi connectivity index (χ2n) is 5.74. The highest BCUT2D eigenvalue weighted by Gasteiger charge is 2.10. The lowest BCUT2D eigenvalue weighted by atomic mass is 9.94. The second-order valence-corrected chi connectivity index (χ2v) is 5.74. The van der Waals surface area contributed by atoms with Crippen LogP contribution < -0.4 is 5.32 Å². The molecule has 0 amide bonds. The topological polar surface area (TPSA) is 12.0 Å². The van der Waals surface area contributed by atoms with E-state index in [1.807, 2.05) is 19.1 Å². The van der Waals surface area contributed by atoms with Crippen molar-refractivity contribution < 1.29 is 4.39 Å². The van der Waals surface area contributed by atoms with Gasteiger partial charge in [-0.2, -0.15) is 0 Å². The van der Waals surface area contributed by atoms with Crippen LogP contribution in [-0.2, 0) is 6.54 Å². The Hall–Kier alpha value is -1.67. The molecule has 2 rings (SSSR count). The van der Waals surface area contributed by atoms with Crippen LogP contribution in [0.25, 0.3) is 11.1 Å². The van der Waals surface area contributed by atoms with E-state index in [9.17, 15) is 4.39 Å². The summed E-state index contributed by atoms with van der Waals surface area (Å²) in [5.74, 6) is -0.152. The summed E-state index contributed by atoms with van der Waals surface area (Å²) in [7, 11) is 0. The van der Waals surface area contributed by atoms with Gasteiger partial charge in [0, 0.05) is 12.1 Å². The maximum absolute atomic E-state index is 14.2. The van der Waals surface area contributed by atoms with E-state index in [2.05, 4.69) is 38.2 Å². The Morgan fingerprint density at radius 3 is 2.33 bits per heavy atom. The van der Waals surface area contributed by atoms with Gasteiger partial charge in [-0.25, -0.2) is 4.39 Å². The van der Waals surface area contributed by atoms with Gasteiger partial charge in [0.2, 0.25) is 0 Å². The summed E-state index contributed by atoms with van der Waals surface area (Å²) in [6.07, 6.45) is 1.10. The van der Waals surface area contributed by atoms with Gasteiger partial charge in [-0.1, -0.05) is 25.1 Å². The molecule has 112 valence electrons. The Morgan fingerprint density at radius 2 is 1.62 bits per heavy atom. The van der Waals surface area contributed by atoms with E-state index in [-0.39, 0.29) is 5.82 Å². The van der Waals surface area contributed by atoms with Gasteiger partial charge in [0.25, 0.3) is 0 Å². The molecule has 1 N–H and O–H groups in total. The van der Waals surface area contributed by atoms with Crippen molar-refractivity contribution in [2.24, 2.45) is 0 Å². The van der Waals surface area contributed by atoms with E-state index in [1.54, 1.807) is 6.07 Å². The van der Waals surface area contributed by atoms with Gasteiger partial charge in [0.15, 0.2) is 0 Å². The molecule has 0 unspecified atom stereocenters. The van der Waals surface area contributed by atoms with Crippen molar-refractivity contribution in [1.82, 2.24) is 5.32 Å². The lowest BCUT2D eigenvalue weighted by Gasteiger charge is -2.13. The summed E-state index contributed by atoms with van der Waals surface area (Å²) in [5.41, 5.74) is 6.38. The number of hydrogen-bond acceptors (Lipinski definition) is 1. The van der Waals surface area contributed by atoms with Crippen LogP contribution >= 0.6 is 0 Å². The van der Waals surface area contributed by atoms with Crippen LogP contribution in [0.3, 0.4) is 0 Å². The third-order valence-electron chi connectivity index (χ3n) is 3.92. The van der Waals surface area contributed by atoms with Crippen molar-refractivity contribution in [3.63, 3.8) is 0 Å². The first-order valence-corrected chi connectivity index (χ1v) is 7.60. The summed E-state index contributed by atoms with van der Waals surface area (Å²) >= 11 is 0. The Morgan fingerprint density at radius 1 is 0.905 bits per heavy atom. The Balaban J connectivity index is 2.39. The van der Waals surface area contributed by atoms with Gasteiger partial charge < -0.3 is 5.32 Å². The van der Waals surface area contributed by atoms with Crippen LogP contribution in [0.1, 0.15) is 35.6 Å². The minimum absolute atomic E-state index is 0.152. The molecule has 0 fully saturated rings. The molecule has 0 aliphatic rings. The molecule has 21 heavy (non-hydrogen) atoms. The number of benzene rings is 2. The normalized spacial score (nSPS) is 10.9. The van der Waals surface area contributed by atoms with Gasteiger partial charge in [0.05, 0.1) is 0 Å². The van der Waals surface area contributed by atoms with Crippen molar-refractivity contribution in [3.05, 3.63) is 58.4 Å². The van der Waals surface area contributed by atoms with E-state index >= 15 is 0 Å². The zero-order valence-electron chi connectivity index (χ0n) is 13.4. The number of halogens is 1. The molecule has 2 heteroatoms. The molecule has 0 aromatic heterocycles. The SMILES string of the molecule is CCCNCc1ccc(F)c(-c2cc(C)c(C)cc2C)c1. The minimum Gasteiger partial charge on any atom is -0.313 e. The molecule has 0 aliphatic heterocycles. The maximum atomic E-state index is 14.2. The lowest BCUT2D eigenvalue weighted by Crippen LogP contribution is -2.13. The van der Waals surface area contributed by atoms with Gasteiger partial charge in [-0.3, -0.25) is 0 Å². The third kappa shape index (κ3) is 3.70. The van der Waals surface area contributed by atoms with Crippen LogP contribution in [0, 0.1) is 26.6 Å². The summed E-state index contributed by atoms with van der Waals surface area (Å²) in [5, 5.41) is 3.36. The van der Waals surface area contributed by atoms with Crippen molar-refractivity contribution in [3.8, 4) is 11.1 Å². The highest BCUT2D eigenvalue weighted by molar-refractivity contribution is 5.70. The monoisotopic (exact) mass is 285 g/mol. The van der Waals surface area contributed by atoms with Gasteiger partial charge in [0.1, 0.15) is 5.82 Å². The number of rotatable bonds is 5. The Kier molecular flexibility index (Phi) is 5.13. The van der Waals surface area contributed by atoms with E-state index in [0.29, 0.717) is 5.56 Å². The number of nitrogens with one attached hydrogen (secondary N) is 1. The number of aryl methyl sites for hydroxylation is 3. The first kappa shape index (κ1) is 15.7. The van der Waals surface area contributed by atoms with Gasteiger partial charge in [-0.15, -0.1) is 0 Å². The molecule has 2 aromatic rings. The summed E-state index contributed by atoms with van der Waals surface area (Å²) in [4.78, 5) is 0. The zero-order chi connectivity index (χ0) is 15.4. The largest absolute Gasteiger partial charge is 0.313 e.